The highest BCUT2D eigenvalue weighted by Crippen LogP contribution is 2.28. The van der Waals surface area contributed by atoms with Crippen molar-refractivity contribution in [2.75, 3.05) is 6.61 Å². The van der Waals surface area contributed by atoms with Gasteiger partial charge in [-0.2, -0.15) is 0 Å². The quantitative estimate of drug-likeness (QED) is 0.669. The normalized spacial score (nSPS) is 21.2. The Labute approximate surface area is 130 Å². The number of carbonyl (C=O) groups is 1. The van der Waals surface area contributed by atoms with Gasteiger partial charge in [0.25, 0.3) is 5.91 Å². The summed E-state index contributed by atoms with van der Waals surface area (Å²) in [4.78, 5) is 22.5. The first kappa shape index (κ1) is 16.3. The Morgan fingerprint density at radius 2 is 2.14 bits per heavy atom. The lowest BCUT2D eigenvalue weighted by Gasteiger charge is -2.29. The van der Waals surface area contributed by atoms with Crippen molar-refractivity contribution in [3.63, 3.8) is 0 Å². The van der Waals surface area contributed by atoms with E-state index in [0.29, 0.717) is 5.92 Å². The van der Waals surface area contributed by atoms with Crippen LogP contribution in [0.2, 0.25) is 0 Å². The van der Waals surface area contributed by atoms with Gasteiger partial charge < -0.3 is 10.1 Å². The Morgan fingerprint density at radius 3 is 2.82 bits per heavy atom. The van der Waals surface area contributed by atoms with E-state index in [1.807, 2.05) is 0 Å². The SMILES string of the molecule is Cc1ccc(OCC(=O)N[C@@H]2CCCC[C@H]2C)c([N+](=O)[O-])c1. The van der Waals surface area contributed by atoms with Gasteiger partial charge in [-0.15, -0.1) is 0 Å². The number of nitro groups is 1. The number of carbonyl (C=O) groups excluding carboxylic acids is 1. The van der Waals surface area contributed by atoms with Gasteiger partial charge in [0.15, 0.2) is 12.4 Å². The number of amides is 1. The summed E-state index contributed by atoms with van der Waals surface area (Å²) in [6.07, 6.45) is 4.44. The average Bonchev–Trinajstić information content (AvgIpc) is 2.48. The van der Waals surface area contributed by atoms with Crippen LogP contribution in [0, 0.1) is 23.0 Å². The fourth-order valence-electron chi connectivity index (χ4n) is 2.81. The molecule has 1 aliphatic rings. The minimum atomic E-state index is -0.497. The van der Waals surface area contributed by atoms with Gasteiger partial charge in [0.05, 0.1) is 4.92 Å². The second-order valence-electron chi connectivity index (χ2n) is 5.95. The molecule has 0 aliphatic heterocycles. The number of hydrogen-bond acceptors (Lipinski definition) is 4. The van der Waals surface area contributed by atoms with Crippen molar-refractivity contribution in [1.82, 2.24) is 5.32 Å². The maximum absolute atomic E-state index is 12.0. The number of nitrogens with one attached hydrogen (secondary N) is 1. The number of aryl methyl sites for hydroxylation is 1. The number of hydrogen-bond donors (Lipinski definition) is 1. The van der Waals surface area contributed by atoms with Crippen LogP contribution < -0.4 is 10.1 Å². The smallest absolute Gasteiger partial charge is 0.311 e. The third-order valence-corrected chi connectivity index (χ3v) is 4.13. The second-order valence-corrected chi connectivity index (χ2v) is 5.95. The zero-order chi connectivity index (χ0) is 16.1. The maximum Gasteiger partial charge on any atom is 0.311 e. The Bertz CT molecular complexity index is 559. The van der Waals surface area contributed by atoms with E-state index < -0.39 is 4.92 Å². The number of nitro benzene ring substituents is 1. The summed E-state index contributed by atoms with van der Waals surface area (Å²) in [7, 11) is 0. The molecule has 0 saturated heterocycles. The molecule has 22 heavy (non-hydrogen) atoms. The summed E-state index contributed by atoms with van der Waals surface area (Å²) in [5.74, 6) is 0.363. The van der Waals surface area contributed by atoms with Crippen LogP contribution in [0.5, 0.6) is 5.75 Å². The predicted octanol–water partition coefficient (Wildman–Crippen LogP) is 2.98. The molecule has 2 atom stereocenters. The second kappa shape index (κ2) is 7.24. The number of rotatable bonds is 5. The summed E-state index contributed by atoms with van der Waals surface area (Å²) in [6, 6.07) is 4.88. The fraction of sp³-hybridized carbons (Fsp3) is 0.562. The molecule has 1 aromatic rings. The van der Waals surface area contributed by atoms with Gasteiger partial charge in [-0.05, 0) is 37.3 Å². The zero-order valence-corrected chi connectivity index (χ0v) is 13.0. The first-order valence-electron chi connectivity index (χ1n) is 7.64. The van der Waals surface area contributed by atoms with E-state index in [0.717, 1.165) is 24.8 Å². The van der Waals surface area contributed by atoms with Crippen LogP contribution in [-0.2, 0) is 4.79 Å². The third kappa shape index (κ3) is 4.19. The van der Waals surface area contributed by atoms with Crippen molar-refractivity contribution < 1.29 is 14.5 Å². The monoisotopic (exact) mass is 306 g/mol. The molecule has 0 heterocycles. The lowest BCUT2D eigenvalue weighted by Crippen LogP contribution is -2.43. The summed E-state index contributed by atoms with van der Waals surface area (Å²) in [5.41, 5.74) is 0.665. The van der Waals surface area contributed by atoms with E-state index in [4.69, 9.17) is 4.74 Å². The molecule has 6 nitrogen and oxygen atoms in total. The highest BCUT2D eigenvalue weighted by molar-refractivity contribution is 5.78. The molecule has 0 bridgehead atoms. The number of ether oxygens (including phenoxy) is 1. The molecule has 1 aromatic carbocycles. The van der Waals surface area contributed by atoms with Crippen LogP contribution in [0.4, 0.5) is 5.69 Å². The average molecular weight is 306 g/mol. The van der Waals surface area contributed by atoms with Crippen LogP contribution in [0.1, 0.15) is 38.2 Å². The largest absolute Gasteiger partial charge is 0.477 e. The van der Waals surface area contributed by atoms with E-state index in [1.165, 1.54) is 18.6 Å². The minimum absolute atomic E-state index is 0.112. The topological polar surface area (TPSA) is 81.5 Å². The first-order chi connectivity index (χ1) is 10.5. The molecular weight excluding hydrogens is 284 g/mol. The molecule has 0 radical (unpaired) electrons. The van der Waals surface area contributed by atoms with Crippen molar-refractivity contribution in [2.45, 2.75) is 45.6 Å². The van der Waals surface area contributed by atoms with E-state index >= 15 is 0 Å². The molecule has 1 N–H and O–H groups in total. The van der Waals surface area contributed by atoms with Gasteiger partial charge in [-0.1, -0.05) is 25.8 Å². The molecule has 1 aliphatic carbocycles. The summed E-state index contributed by atoms with van der Waals surface area (Å²) < 4.78 is 5.34. The highest BCUT2D eigenvalue weighted by Gasteiger charge is 2.23. The highest BCUT2D eigenvalue weighted by atomic mass is 16.6. The van der Waals surface area contributed by atoms with Crippen molar-refractivity contribution in [3.05, 3.63) is 33.9 Å². The number of benzene rings is 1. The summed E-state index contributed by atoms with van der Waals surface area (Å²) in [6.45, 7) is 3.71. The Balaban J connectivity index is 1.92. The van der Waals surface area contributed by atoms with E-state index in [-0.39, 0.29) is 30.0 Å². The molecule has 0 unspecified atom stereocenters. The fourth-order valence-corrected chi connectivity index (χ4v) is 2.81. The molecule has 120 valence electrons. The van der Waals surface area contributed by atoms with Crippen LogP contribution in [-0.4, -0.2) is 23.5 Å². The molecule has 1 saturated carbocycles. The standard InChI is InChI=1S/C16H22N2O4/c1-11-7-8-15(14(9-11)18(20)21)22-10-16(19)17-13-6-4-3-5-12(13)2/h7-9,12-13H,3-6,10H2,1-2H3,(H,17,19)/t12-,13-/m1/s1. The lowest BCUT2D eigenvalue weighted by molar-refractivity contribution is -0.385. The zero-order valence-electron chi connectivity index (χ0n) is 13.0. The Morgan fingerprint density at radius 1 is 1.41 bits per heavy atom. The molecular formula is C16H22N2O4. The predicted molar refractivity (Wildman–Crippen MR) is 82.9 cm³/mol. The minimum Gasteiger partial charge on any atom is -0.477 e. The van der Waals surface area contributed by atoms with Gasteiger partial charge in [0, 0.05) is 12.1 Å². The molecule has 0 aromatic heterocycles. The van der Waals surface area contributed by atoms with E-state index in [2.05, 4.69) is 12.2 Å². The van der Waals surface area contributed by atoms with Crippen LogP contribution in [0.25, 0.3) is 0 Å². The molecule has 1 fully saturated rings. The van der Waals surface area contributed by atoms with Crippen LogP contribution in [0.15, 0.2) is 18.2 Å². The van der Waals surface area contributed by atoms with E-state index in [1.54, 1.807) is 13.0 Å². The van der Waals surface area contributed by atoms with E-state index in [9.17, 15) is 14.9 Å². The Hall–Kier alpha value is -2.11. The van der Waals surface area contributed by atoms with Gasteiger partial charge in [-0.3, -0.25) is 14.9 Å². The van der Waals surface area contributed by atoms with Crippen LogP contribution >= 0.6 is 0 Å². The van der Waals surface area contributed by atoms with Gasteiger partial charge in [0.2, 0.25) is 0 Å². The molecule has 2 rings (SSSR count). The summed E-state index contributed by atoms with van der Waals surface area (Å²) in [5, 5.41) is 14.0. The molecule has 0 spiro atoms. The Kier molecular flexibility index (Phi) is 5.35. The van der Waals surface area contributed by atoms with Gasteiger partial charge in [0.1, 0.15) is 0 Å². The lowest BCUT2D eigenvalue weighted by atomic mass is 9.86. The molecule has 6 heteroatoms. The number of nitrogens with zero attached hydrogens (tertiary/aromatic N) is 1. The third-order valence-electron chi connectivity index (χ3n) is 4.13. The first-order valence-corrected chi connectivity index (χ1v) is 7.64. The summed E-state index contributed by atoms with van der Waals surface area (Å²) >= 11 is 0. The van der Waals surface area contributed by atoms with Crippen molar-refractivity contribution in [3.8, 4) is 5.75 Å². The van der Waals surface area contributed by atoms with Crippen LogP contribution in [0.3, 0.4) is 0 Å². The molecule has 1 amide bonds. The van der Waals surface area contributed by atoms with Crippen molar-refractivity contribution in [2.24, 2.45) is 5.92 Å². The van der Waals surface area contributed by atoms with Crippen molar-refractivity contribution in [1.29, 1.82) is 0 Å². The van der Waals surface area contributed by atoms with Gasteiger partial charge in [-0.25, -0.2) is 0 Å². The maximum atomic E-state index is 12.0. The van der Waals surface area contributed by atoms with Crippen molar-refractivity contribution >= 4 is 11.6 Å². The van der Waals surface area contributed by atoms with Gasteiger partial charge >= 0.3 is 5.69 Å².